The van der Waals surface area contributed by atoms with E-state index in [2.05, 4.69) is 22.3 Å². The van der Waals surface area contributed by atoms with Crippen LogP contribution in [0, 0.1) is 5.92 Å². The summed E-state index contributed by atoms with van der Waals surface area (Å²) in [5, 5.41) is 7.62. The normalized spacial score (nSPS) is 23.1. The first-order chi connectivity index (χ1) is 11.2. The standard InChI is InChI=1S/C17H18N4O2/c1-10-7-12-15(13(22)8-10)16(21-17(20-12)18-9-19-21)11-5-3-4-6-14(11)23-2/h3-6,9-10,16H,7-8H2,1-2H3,(H,18,19,20)/t10-,16-/m0/s1. The zero-order valence-corrected chi connectivity index (χ0v) is 13.1. The van der Waals surface area contributed by atoms with Crippen molar-refractivity contribution in [3.8, 4) is 5.75 Å². The summed E-state index contributed by atoms with van der Waals surface area (Å²) in [5.41, 5.74) is 2.68. The van der Waals surface area contributed by atoms with E-state index in [9.17, 15) is 4.79 Å². The summed E-state index contributed by atoms with van der Waals surface area (Å²) in [5.74, 6) is 1.92. The van der Waals surface area contributed by atoms with Gasteiger partial charge in [0.05, 0.1) is 7.11 Å². The van der Waals surface area contributed by atoms with E-state index in [1.54, 1.807) is 11.8 Å². The third-order valence-corrected chi connectivity index (χ3v) is 4.50. The fourth-order valence-electron chi connectivity index (χ4n) is 3.53. The van der Waals surface area contributed by atoms with Gasteiger partial charge in [-0.25, -0.2) is 4.68 Å². The molecule has 1 aliphatic carbocycles. The lowest BCUT2D eigenvalue weighted by atomic mass is 9.81. The zero-order chi connectivity index (χ0) is 16.0. The molecule has 6 nitrogen and oxygen atoms in total. The van der Waals surface area contributed by atoms with Crippen molar-refractivity contribution in [2.75, 3.05) is 12.4 Å². The number of ether oxygens (including phenoxy) is 1. The van der Waals surface area contributed by atoms with Gasteiger partial charge in [0.2, 0.25) is 5.95 Å². The SMILES string of the molecule is COc1ccccc1[C@H]1C2=C(C[C@H](C)CC2=O)Nc2ncnn21. The highest BCUT2D eigenvalue weighted by Gasteiger charge is 2.38. The number of nitrogens with zero attached hydrogens (tertiary/aromatic N) is 3. The van der Waals surface area contributed by atoms with Crippen LogP contribution in [0.15, 0.2) is 41.9 Å². The van der Waals surface area contributed by atoms with E-state index < -0.39 is 0 Å². The van der Waals surface area contributed by atoms with E-state index in [0.29, 0.717) is 18.3 Å². The number of rotatable bonds is 2. The van der Waals surface area contributed by atoms with Crippen molar-refractivity contribution in [3.05, 3.63) is 47.4 Å². The number of nitrogens with one attached hydrogen (secondary N) is 1. The Morgan fingerprint density at radius 3 is 2.96 bits per heavy atom. The largest absolute Gasteiger partial charge is 0.496 e. The molecule has 2 heterocycles. The molecule has 2 aliphatic rings. The van der Waals surface area contributed by atoms with E-state index in [1.165, 1.54) is 6.33 Å². The minimum atomic E-state index is -0.292. The van der Waals surface area contributed by atoms with E-state index >= 15 is 0 Å². The van der Waals surface area contributed by atoms with Gasteiger partial charge in [-0.15, -0.1) is 0 Å². The van der Waals surface area contributed by atoms with Gasteiger partial charge in [-0.1, -0.05) is 25.1 Å². The average molecular weight is 310 g/mol. The second kappa shape index (κ2) is 5.22. The Balaban J connectivity index is 1.94. The number of methoxy groups -OCH3 is 1. The molecule has 118 valence electrons. The third kappa shape index (κ3) is 2.13. The van der Waals surface area contributed by atoms with Gasteiger partial charge in [0.1, 0.15) is 18.1 Å². The molecule has 2 aromatic rings. The number of ketones is 1. The van der Waals surface area contributed by atoms with Gasteiger partial charge in [-0.05, 0) is 18.4 Å². The molecule has 1 aliphatic heterocycles. The Kier molecular flexibility index (Phi) is 3.18. The predicted molar refractivity (Wildman–Crippen MR) is 85.2 cm³/mol. The van der Waals surface area contributed by atoms with Crippen LogP contribution in [0.3, 0.4) is 0 Å². The monoisotopic (exact) mass is 310 g/mol. The molecule has 0 radical (unpaired) electrons. The molecule has 0 amide bonds. The van der Waals surface area contributed by atoms with Crippen LogP contribution in [0.1, 0.15) is 31.4 Å². The highest BCUT2D eigenvalue weighted by atomic mass is 16.5. The third-order valence-electron chi connectivity index (χ3n) is 4.50. The van der Waals surface area contributed by atoms with Gasteiger partial charge in [-0.3, -0.25) is 4.79 Å². The number of carbonyl (C=O) groups excluding carboxylic acids is 1. The van der Waals surface area contributed by atoms with E-state index in [1.807, 2.05) is 24.3 Å². The fourth-order valence-corrected chi connectivity index (χ4v) is 3.53. The first-order valence-electron chi connectivity index (χ1n) is 7.74. The van der Waals surface area contributed by atoms with Crippen molar-refractivity contribution >= 4 is 11.7 Å². The van der Waals surface area contributed by atoms with Gasteiger partial charge in [-0.2, -0.15) is 10.1 Å². The molecule has 0 bridgehead atoms. The van der Waals surface area contributed by atoms with Crippen LogP contribution in [0.25, 0.3) is 0 Å². The Morgan fingerprint density at radius 1 is 1.30 bits per heavy atom. The van der Waals surface area contributed by atoms with Crippen LogP contribution in [0.4, 0.5) is 5.95 Å². The van der Waals surface area contributed by atoms with Gasteiger partial charge in [0, 0.05) is 23.3 Å². The molecule has 0 saturated heterocycles. The number of benzene rings is 1. The molecular weight excluding hydrogens is 292 g/mol. The second-order valence-corrected chi connectivity index (χ2v) is 6.13. The highest BCUT2D eigenvalue weighted by molar-refractivity contribution is 5.99. The minimum absolute atomic E-state index is 0.170. The molecule has 1 aromatic heterocycles. The lowest BCUT2D eigenvalue weighted by Crippen LogP contribution is -2.33. The highest BCUT2D eigenvalue weighted by Crippen LogP contribution is 2.43. The molecule has 1 N–H and O–H groups in total. The van der Waals surface area contributed by atoms with Crippen molar-refractivity contribution in [2.24, 2.45) is 5.92 Å². The van der Waals surface area contributed by atoms with Crippen molar-refractivity contribution in [1.82, 2.24) is 14.8 Å². The van der Waals surface area contributed by atoms with Crippen LogP contribution in [0.5, 0.6) is 5.75 Å². The average Bonchev–Trinajstić information content (AvgIpc) is 3.00. The van der Waals surface area contributed by atoms with E-state index in [4.69, 9.17) is 4.74 Å². The molecule has 4 rings (SSSR count). The molecule has 0 saturated carbocycles. The summed E-state index contributed by atoms with van der Waals surface area (Å²) in [6.07, 6.45) is 2.92. The summed E-state index contributed by atoms with van der Waals surface area (Å²) in [7, 11) is 1.64. The van der Waals surface area contributed by atoms with Crippen molar-refractivity contribution in [3.63, 3.8) is 0 Å². The topological polar surface area (TPSA) is 69.0 Å². The van der Waals surface area contributed by atoms with E-state index in [-0.39, 0.29) is 11.8 Å². The molecule has 0 spiro atoms. The van der Waals surface area contributed by atoms with Gasteiger partial charge >= 0.3 is 0 Å². The zero-order valence-electron chi connectivity index (χ0n) is 13.1. The Hall–Kier alpha value is -2.63. The number of fused-ring (bicyclic) bond motifs is 1. The fraction of sp³-hybridized carbons (Fsp3) is 0.353. The van der Waals surface area contributed by atoms with Crippen LogP contribution in [0.2, 0.25) is 0 Å². The van der Waals surface area contributed by atoms with Gasteiger partial charge in [0.25, 0.3) is 0 Å². The quantitative estimate of drug-likeness (QED) is 0.923. The Morgan fingerprint density at radius 2 is 2.13 bits per heavy atom. The predicted octanol–water partition coefficient (Wildman–Crippen LogP) is 2.55. The maximum absolute atomic E-state index is 12.8. The van der Waals surface area contributed by atoms with Crippen LogP contribution >= 0.6 is 0 Å². The number of anilines is 1. The smallest absolute Gasteiger partial charge is 0.226 e. The molecule has 2 atom stereocenters. The molecule has 6 heteroatoms. The summed E-state index contributed by atoms with van der Waals surface area (Å²) >= 11 is 0. The lowest BCUT2D eigenvalue weighted by molar-refractivity contribution is -0.117. The summed E-state index contributed by atoms with van der Waals surface area (Å²) in [6, 6.07) is 7.47. The molecular formula is C17H18N4O2. The molecule has 1 aromatic carbocycles. The van der Waals surface area contributed by atoms with Crippen LogP contribution in [-0.2, 0) is 4.79 Å². The molecule has 0 fully saturated rings. The van der Waals surface area contributed by atoms with Crippen molar-refractivity contribution < 1.29 is 9.53 Å². The first-order valence-corrected chi connectivity index (χ1v) is 7.74. The van der Waals surface area contributed by atoms with Crippen LogP contribution in [-0.4, -0.2) is 27.7 Å². The maximum Gasteiger partial charge on any atom is 0.226 e. The summed E-state index contributed by atoms with van der Waals surface area (Å²) in [6.45, 7) is 2.10. The second-order valence-electron chi connectivity index (χ2n) is 6.13. The molecule has 23 heavy (non-hydrogen) atoms. The van der Waals surface area contributed by atoms with Gasteiger partial charge < -0.3 is 10.1 Å². The Labute approximate surface area is 134 Å². The number of para-hydroxylation sites is 1. The number of aromatic nitrogens is 3. The van der Waals surface area contributed by atoms with E-state index in [0.717, 1.165) is 29.0 Å². The number of allylic oxidation sites excluding steroid dienone is 2. The number of hydrogen-bond acceptors (Lipinski definition) is 5. The minimum Gasteiger partial charge on any atom is -0.496 e. The number of carbonyl (C=O) groups is 1. The summed E-state index contributed by atoms with van der Waals surface area (Å²) < 4.78 is 7.28. The van der Waals surface area contributed by atoms with Crippen LogP contribution < -0.4 is 10.1 Å². The molecule has 0 unspecified atom stereocenters. The van der Waals surface area contributed by atoms with Crippen molar-refractivity contribution in [1.29, 1.82) is 0 Å². The number of hydrogen-bond donors (Lipinski definition) is 1. The lowest BCUT2D eigenvalue weighted by Gasteiger charge is -2.34. The first kappa shape index (κ1) is 14.0. The maximum atomic E-state index is 12.8. The van der Waals surface area contributed by atoms with Gasteiger partial charge in [0.15, 0.2) is 5.78 Å². The number of Topliss-reactive ketones (excluding diaryl/α,β-unsaturated/α-hetero) is 1. The van der Waals surface area contributed by atoms with Crippen molar-refractivity contribution in [2.45, 2.75) is 25.8 Å². The Bertz CT molecular complexity index is 808. The summed E-state index contributed by atoms with van der Waals surface area (Å²) in [4.78, 5) is 17.0.